The van der Waals surface area contributed by atoms with Crippen LogP contribution >= 0.6 is 11.8 Å². The molecule has 0 radical (unpaired) electrons. The first-order valence-electron chi connectivity index (χ1n) is 5.47. The van der Waals surface area contributed by atoms with Crippen LogP contribution in [0.3, 0.4) is 0 Å². The number of hydrogen-bond acceptors (Lipinski definition) is 3. The highest BCUT2D eigenvalue weighted by atomic mass is 32.2. The Morgan fingerprint density at radius 3 is 2.64 bits per heavy atom. The van der Waals surface area contributed by atoms with Crippen molar-refractivity contribution < 1.29 is 0 Å². The van der Waals surface area contributed by atoms with E-state index < -0.39 is 0 Å². The van der Waals surface area contributed by atoms with Crippen LogP contribution < -0.4 is 5.73 Å². The maximum Gasteiger partial charge on any atom is 0.0191 e. The monoisotopic (exact) mass is 216 g/mol. The van der Waals surface area contributed by atoms with Crippen molar-refractivity contribution in [2.45, 2.75) is 39.3 Å². The molecule has 1 rings (SSSR count). The molecule has 2 N–H and O–H groups in total. The van der Waals surface area contributed by atoms with E-state index in [1.54, 1.807) is 0 Å². The molecule has 0 aliphatic carbocycles. The van der Waals surface area contributed by atoms with E-state index in [-0.39, 0.29) is 11.5 Å². The van der Waals surface area contributed by atoms with Gasteiger partial charge in [-0.1, -0.05) is 13.8 Å². The van der Waals surface area contributed by atoms with E-state index in [0.717, 1.165) is 12.6 Å². The van der Waals surface area contributed by atoms with Gasteiger partial charge in [0.1, 0.15) is 0 Å². The topological polar surface area (TPSA) is 29.3 Å². The zero-order valence-electron chi connectivity index (χ0n) is 9.92. The minimum atomic E-state index is 0.224. The molecule has 1 fully saturated rings. The quantitative estimate of drug-likeness (QED) is 0.777. The normalized spacial score (nSPS) is 25.7. The lowest BCUT2D eigenvalue weighted by Crippen LogP contribution is -2.46. The van der Waals surface area contributed by atoms with Gasteiger partial charge in [-0.3, -0.25) is 0 Å². The summed E-state index contributed by atoms with van der Waals surface area (Å²) in [5.41, 5.74) is 6.21. The van der Waals surface area contributed by atoms with E-state index >= 15 is 0 Å². The SMILES string of the molecule is CC(N)C(C)(C)CN(C)C1CCSC1. The summed E-state index contributed by atoms with van der Waals surface area (Å²) in [6.07, 6.45) is 1.34. The maximum atomic E-state index is 5.99. The van der Waals surface area contributed by atoms with Gasteiger partial charge in [0.15, 0.2) is 0 Å². The van der Waals surface area contributed by atoms with Gasteiger partial charge in [-0.15, -0.1) is 0 Å². The van der Waals surface area contributed by atoms with E-state index in [1.807, 2.05) is 0 Å². The lowest BCUT2D eigenvalue weighted by Gasteiger charge is -2.36. The maximum absolute atomic E-state index is 5.99. The minimum absolute atomic E-state index is 0.224. The molecule has 0 bridgehead atoms. The van der Waals surface area contributed by atoms with Gasteiger partial charge in [-0.25, -0.2) is 0 Å². The molecule has 1 heterocycles. The molecule has 2 atom stereocenters. The van der Waals surface area contributed by atoms with Gasteiger partial charge in [0.25, 0.3) is 0 Å². The molecule has 1 saturated heterocycles. The Labute approximate surface area is 92.6 Å². The van der Waals surface area contributed by atoms with Gasteiger partial charge in [-0.05, 0) is 31.6 Å². The molecule has 0 spiro atoms. The zero-order valence-corrected chi connectivity index (χ0v) is 10.7. The number of nitrogens with zero attached hydrogens (tertiary/aromatic N) is 1. The third kappa shape index (κ3) is 3.14. The molecular weight excluding hydrogens is 192 g/mol. The second kappa shape index (κ2) is 4.86. The van der Waals surface area contributed by atoms with Crippen LogP contribution in [0, 0.1) is 5.41 Å². The van der Waals surface area contributed by atoms with E-state index in [4.69, 9.17) is 5.73 Å². The van der Waals surface area contributed by atoms with E-state index in [0.29, 0.717) is 0 Å². The number of hydrogen-bond donors (Lipinski definition) is 1. The highest BCUT2D eigenvalue weighted by Crippen LogP contribution is 2.26. The van der Waals surface area contributed by atoms with Gasteiger partial charge < -0.3 is 10.6 Å². The summed E-state index contributed by atoms with van der Waals surface area (Å²) in [7, 11) is 2.24. The molecule has 1 aliphatic heterocycles. The molecule has 3 heteroatoms. The Morgan fingerprint density at radius 2 is 2.21 bits per heavy atom. The van der Waals surface area contributed by atoms with Crippen molar-refractivity contribution in [3.63, 3.8) is 0 Å². The molecule has 14 heavy (non-hydrogen) atoms. The molecule has 0 amide bonds. The average Bonchev–Trinajstić information content (AvgIpc) is 2.54. The third-order valence-corrected chi connectivity index (χ3v) is 4.56. The van der Waals surface area contributed by atoms with Gasteiger partial charge in [0, 0.05) is 24.4 Å². The number of rotatable bonds is 4. The van der Waals surface area contributed by atoms with Crippen LogP contribution in [0.25, 0.3) is 0 Å². The van der Waals surface area contributed by atoms with Crippen molar-refractivity contribution in [2.75, 3.05) is 25.1 Å². The zero-order chi connectivity index (χ0) is 10.8. The lowest BCUT2D eigenvalue weighted by atomic mass is 9.85. The van der Waals surface area contributed by atoms with E-state index in [1.165, 1.54) is 17.9 Å². The first-order chi connectivity index (χ1) is 6.43. The highest BCUT2D eigenvalue weighted by molar-refractivity contribution is 7.99. The van der Waals surface area contributed by atoms with E-state index in [9.17, 15) is 0 Å². The van der Waals surface area contributed by atoms with Crippen LogP contribution in [0.1, 0.15) is 27.2 Å². The van der Waals surface area contributed by atoms with Crippen LogP contribution in [0.5, 0.6) is 0 Å². The highest BCUT2D eigenvalue weighted by Gasteiger charge is 2.28. The molecule has 0 saturated carbocycles. The summed E-state index contributed by atoms with van der Waals surface area (Å²) in [5, 5.41) is 0. The van der Waals surface area contributed by atoms with Crippen molar-refractivity contribution in [1.82, 2.24) is 4.90 Å². The third-order valence-electron chi connectivity index (χ3n) is 3.42. The van der Waals surface area contributed by atoms with Crippen LogP contribution in [0.15, 0.2) is 0 Å². The predicted octanol–water partition coefficient (Wildman–Crippen LogP) is 1.80. The minimum Gasteiger partial charge on any atom is -0.327 e. The van der Waals surface area contributed by atoms with Gasteiger partial charge in [0.2, 0.25) is 0 Å². The first-order valence-corrected chi connectivity index (χ1v) is 6.62. The summed E-state index contributed by atoms with van der Waals surface area (Å²) < 4.78 is 0. The Kier molecular flexibility index (Phi) is 4.29. The fourth-order valence-corrected chi connectivity index (χ4v) is 3.08. The second-order valence-corrected chi connectivity index (χ2v) is 6.36. The summed E-state index contributed by atoms with van der Waals surface area (Å²) in [6, 6.07) is 1.04. The van der Waals surface area contributed by atoms with Crippen LogP contribution in [-0.4, -0.2) is 42.1 Å². The van der Waals surface area contributed by atoms with Crippen molar-refractivity contribution in [3.05, 3.63) is 0 Å². The first kappa shape index (κ1) is 12.3. The average molecular weight is 216 g/mol. The molecule has 2 unspecified atom stereocenters. The Morgan fingerprint density at radius 1 is 1.57 bits per heavy atom. The van der Waals surface area contributed by atoms with Gasteiger partial charge in [-0.2, -0.15) is 11.8 Å². The number of thioether (sulfide) groups is 1. The van der Waals surface area contributed by atoms with Gasteiger partial charge >= 0.3 is 0 Å². The predicted molar refractivity (Wildman–Crippen MR) is 65.8 cm³/mol. The van der Waals surface area contributed by atoms with Crippen molar-refractivity contribution in [3.8, 4) is 0 Å². The molecule has 84 valence electrons. The molecule has 1 aliphatic rings. The van der Waals surface area contributed by atoms with Crippen molar-refractivity contribution >= 4 is 11.8 Å². The van der Waals surface area contributed by atoms with Gasteiger partial charge in [0.05, 0.1) is 0 Å². The fourth-order valence-electron chi connectivity index (χ4n) is 1.79. The van der Waals surface area contributed by atoms with Crippen LogP contribution in [0.4, 0.5) is 0 Å². The summed E-state index contributed by atoms with van der Waals surface area (Å²) in [5.74, 6) is 2.62. The summed E-state index contributed by atoms with van der Waals surface area (Å²) >= 11 is 2.07. The van der Waals surface area contributed by atoms with Crippen LogP contribution in [0.2, 0.25) is 0 Å². The van der Waals surface area contributed by atoms with Crippen molar-refractivity contribution in [2.24, 2.45) is 11.1 Å². The Hall–Kier alpha value is 0.270. The Bertz CT molecular complexity index is 174. The fraction of sp³-hybridized carbons (Fsp3) is 1.00. The molecule has 0 aromatic carbocycles. The standard InChI is InChI=1S/C11H24N2S/c1-9(12)11(2,3)8-13(4)10-5-6-14-7-10/h9-10H,5-8,12H2,1-4H3. The molecule has 0 aromatic heterocycles. The largest absolute Gasteiger partial charge is 0.327 e. The van der Waals surface area contributed by atoms with Crippen molar-refractivity contribution in [1.29, 1.82) is 0 Å². The summed E-state index contributed by atoms with van der Waals surface area (Å²) in [6.45, 7) is 7.74. The molecule has 0 aromatic rings. The lowest BCUT2D eigenvalue weighted by molar-refractivity contribution is 0.152. The van der Waals surface area contributed by atoms with Crippen LogP contribution in [-0.2, 0) is 0 Å². The smallest absolute Gasteiger partial charge is 0.0191 e. The van der Waals surface area contributed by atoms with E-state index in [2.05, 4.69) is 44.5 Å². The molecule has 2 nitrogen and oxygen atoms in total. The molecular formula is C11H24N2S. The number of nitrogens with two attached hydrogens (primary N) is 1. The second-order valence-electron chi connectivity index (χ2n) is 5.21. The summed E-state index contributed by atoms with van der Waals surface area (Å²) in [4.78, 5) is 2.49. The Balaban J connectivity index is 2.42.